The highest BCUT2D eigenvalue weighted by Crippen LogP contribution is 2.31. The average Bonchev–Trinajstić information content (AvgIpc) is 2.75. The number of para-hydroxylation sites is 1. The molecule has 0 aromatic heterocycles. The van der Waals surface area contributed by atoms with Crippen molar-refractivity contribution in [3.8, 4) is 11.5 Å². The molecule has 2 rings (SSSR count). The third-order valence-corrected chi connectivity index (χ3v) is 4.89. The van der Waals surface area contributed by atoms with Crippen LogP contribution in [0.4, 0.5) is 0 Å². The molecule has 0 aliphatic carbocycles. The second kappa shape index (κ2) is 11.4. The molecule has 0 unspecified atom stereocenters. The van der Waals surface area contributed by atoms with Crippen LogP contribution in [0.2, 0.25) is 10.0 Å². The van der Waals surface area contributed by atoms with E-state index in [1.54, 1.807) is 19.2 Å². The lowest BCUT2D eigenvalue weighted by Crippen LogP contribution is -2.42. The Bertz CT molecular complexity index is 968. The third kappa shape index (κ3) is 6.77. The van der Waals surface area contributed by atoms with E-state index in [4.69, 9.17) is 32.7 Å². The van der Waals surface area contributed by atoms with E-state index < -0.39 is 11.8 Å². The molecule has 166 valence electrons. The first-order chi connectivity index (χ1) is 14.8. The summed E-state index contributed by atoms with van der Waals surface area (Å²) in [5, 5.41) is 5.49. The highest BCUT2D eigenvalue weighted by molar-refractivity contribution is 6.36. The number of halogens is 2. The number of nitrogens with zero attached hydrogens (tertiary/aromatic N) is 1. The molecule has 8 nitrogen and oxygen atoms in total. The van der Waals surface area contributed by atoms with E-state index in [1.165, 1.54) is 37.3 Å². The van der Waals surface area contributed by atoms with Gasteiger partial charge in [-0.1, -0.05) is 35.3 Å². The summed E-state index contributed by atoms with van der Waals surface area (Å²) < 4.78 is 10.6. The average molecular weight is 468 g/mol. The van der Waals surface area contributed by atoms with Gasteiger partial charge in [-0.25, -0.2) is 0 Å². The topological polar surface area (TPSA) is 97.0 Å². The van der Waals surface area contributed by atoms with Crippen LogP contribution < -0.4 is 20.1 Å². The summed E-state index contributed by atoms with van der Waals surface area (Å²) in [5.74, 6) is -0.252. The number of rotatable bonds is 9. The zero-order valence-corrected chi connectivity index (χ0v) is 18.8. The SMILES string of the molecule is COc1cccc(CN(C)C(=O)CNC(=O)CNC(=O)c2ccc(Cl)cc2Cl)c1OC. The molecule has 0 atom stereocenters. The minimum atomic E-state index is -0.523. The summed E-state index contributed by atoms with van der Waals surface area (Å²) in [4.78, 5) is 37.9. The Kier molecular flexibility index (Phi) is 8.96. The Balaban J connectivity index is 1.84. The van der Waals surface area contributed by atoms with Gasteiger partial charge >= 0.3 is 0 Å². The molecule has 0 saturated heterocycles. The monoisotopic (exact) mass is 467 g/mol. The number of benzene rings is 2. The van der Waals surface area contributed by atoms with Crippen molar-refractivity contribution in [3.05, 3.63) is 57.6 Å². The molecule has 0 bridgehead atoms. The number of nitrogens with one attached hydrogen (secondary N) is 2. The lowest BCUT2D eigenvalue weighted by atomic mass is 10.1. The van der Waals surface area contributed by atoms with Crippen LogP contribution in [0.1, 0.15) is 15.9 Å². The van der Waals surface area contributed by atoms with E-state index in [2.05, 4.69) is 10.6 Å². The summed E-state index contributed by atoms with van der Waals surface area (Å²) in [5.41, 5.74) is 0.957. The number of hydrogen-bond acceptors (Lipinski definition) is 5. The Hall–Kier alpha value is -2.97. The predicted octanol–water partition coefficient (Wildman–Crippen LogP) is 2.52. The number of amides is 3. The van der Waals surface area contributed by atoms with Crippen molar-refractivity contribution in [1.82, 2.24) is 15.5 Å². The molecule has 10 heteroatoms. The van der Waals surface area contributed by atoms with Gasteiger partial charge in [0, 0.05) is 24.2 Å². The molecule has 0 heterocycles. The Morgan fingerprint density at radius 3 is 2.39 bits per heavy atom. The standard InChI is InChI=1S/C21H23Cl2N3O5/c1-26(12-13-5-4-6-17(30-2)20(13)31-3)19(28)11-24-18(27)10-25-21(29)15-8-7-14(22)9-16(15)23/h4-9H,10-12H2,1-3H3,(H,24,27)(H,25,29). The summed E-state index contributed by atoms with van der Waals surface area (Å²) in [7, 11) is 4.67. The Morgan fingerprint density at radius 1 is 1.00 bits per heavy atom. The molecule has 2 aromatic carbocycles. The lowest BCUT2D eigenvalue weighted by molar-refractivity contribution is -0.132. The second-order valence-corrected chi connectivity index (χ2v) is 7.33. The highest BCUT2D eigenvalue weighted by Gasteiger charge is 2.16. The maximum absolute atomic E-state index is 12.4. The van der Waals surface area contributed by atoms with Crippen LogP contribution in [-0.2, 0) is 16.1 Å². The fraction of sp³-hybridized carbons (Fsp3) is 0.286. The molecule has 0 aliphatic heterocycles. The van der Waals surface area contributed by atoms with Gasteiger partial charge in [0.15, 0.2) is 11.5 Å². The summed E-state index contributed by atoms with van der Waals surface area (Å²) in [6.45, 7) is -0.265. The van der Waals surface area contributed by atoms with Crippen LogP contribution in [0.5, 0.6) is 11.5 Å². The fourth-order valence-electron chi connectivity index (χ4n) is 2.72. The molecule has 0 spiro atoms. The first kappa shape index (κ1) is 24.3. The lowest BCUT2D eigenvalue weighted by Gasteiger charge is -2.20. The van der Waals surface area contributed by atoms with Gasteiger partial charge in [0.2, 0.25) is 11.8 Å². The first-order valence-corrected chi connectivity index (χ1v) is 9.96. The molecule has 2 aromatic rings. The molecule has 2 N–H and O–H groups in total. The number of likely N-dealkylation sites (N-methyl/N-ethyl adjacent to an activating group) is 1. The van der Waals surface area contributed by atoms with E-state index in [0.29, 0.717) is 16.5 Å². The van der Waals surface area contributed by atoms with E-state index in [1.807, 2.05) is 6.07 Å². The smallest absolute Gasteiger partial charge is 0.253 e. The van der Waals surface area contributed by atoms with Gasteiger partial charge < -0.3 is 25.0 Å². The van der Waals surface area contributed by atoms with Crippen LogP contribution in [0.15, 0.2) is 36.4 Å². The Labute approximate surface area is 190 Å². The zero-order valence-electron chi connectivity index (χ0n) is 17.3. The van der Waals surface area contributed by atoms with Gasteiger partial charge in [-0.3, -0.25) is 14.4 Å². The van der Waals surface area contributed by atoms with Crippen LogP contribution in [-0.4, -0.2) is 57.0 Å². The van der Waals surface area contributed by atoms with E-state index in [9.17, 15) is 14.4 Å². The minimum absolute atomic E-state index is 0.176. The van der Waals surface area contributed by atoms with Gasteiger partial charge in [0.25, 0.3) is 5.91 Å². The van der Waals surface area contributed by atoms with E-state index in [-0.39, 0.29) is 36.1 Å². The van der Waals surface area contributed by atoms with Crippen molar-refractivity contribution in [2.24, 2.45) is 0 Å². The maximum Gasteiger partial charge on any atom is 0.253 e. The van der Waals surface area contributed by atoms with Crippen LogP contribution in [0, 0.1) is 0 Å². The van der Waals surface area contributed by atoms with E-state index >= 15 is 0 Å². The summed E-state index contributed by atoms with van der Waals surface area (Å²) >= 11 is 11.8. The highest BCUT2D eigenvalue weighted by atomic mass is 35.5. The Morgan fingerprint density at radius 2 is 1.74 bits per heavy atom. The van der Waals surface area contributed by atoms with E-state index in [0.717, 1.165) is 5.56 Å². The fourth-order valence-corrected chi connectivity index (χ4v) is 3.22. The molecular weight excluding hydrogens is 445 g/mol. The molecule has 0 radical (unpaired) electrons. The van der Waals surface area contributed by atoms with Crippen molar-refractivity contribution in [2.45, 2.75) is 6.54 Å². The maximum atomic E-state index is 12.4. The van der Waals surface area contributed by atoms with Gasteiger partial charge in [-0.05, 0) is 24.3 Å². The molecule has 31 heavy (non-hydrogen) atoms. The number of hydrogen-bond donors (Lipinski definition) is 2. The van der Waals surface area contributed by atoms with Crippen molar-refractivity contribution in [2.75, 3.05) is 34.4 Å². The summed E-state index contributed by atoms with van der Waals surface area (Å²) in [6, 6.07) is 9.80. The van der Waals surface area contributed by atoms with Crippen LogP contribution in [0.3, 0.4) is 0 Å². The largest absolute Gasteiger partial charge is 0.493 e. The minimum Gasteiger partial charge on any atom is -0.493 e. The number of carbonyl (C=O) groups excluding carboxylic acids is 3. The quantitative estimate of drug-likeness (QED) is 0.590. The number of methoxy groups -OCH3 is 2. The second-order valence-electron chi connectivity index (χ2n) is 6.49. The van der Waals surface area contributed by atoms with Crippen molar-refractivity contribution >= 4 is 40.9 Å². The van der Waals surface area contributed by atoms with Crippen molar-refractivity contribution < 1.29 is 23.9 Å². The van der Waals surface area contributed by atoms with Gasteiger partial charge in [0.1, 0.15) is 0 Å². The summed E-state index contributed by atoms with van der Waals surface area (Å²) in [6.07, 6.45) is 0. The molecule has 3 amide bonds. The molecule has 0 aliphatic rings. The van der Waals surface area contributed by atoms with Gasteiger partial charge in [-0.15, -0.1) is 0 Å². The number of ether oxygens (including phenoxy) is 2. The third-order valence-electron chi connectivity index (χ3n) is 4.34. The predicted molar refractivity (Wildman–Crippen MR) is 118 cm³/mol. The van der Waals surface area contributed by atoms with Crippen molar-refractivity contribution in [1.29, 1.82) is 0 Å². The zero-order chi connectivity index (χ0) is 23.0. The van der Waals surface area contributed by atoms with Crippen LogP contribution >= 0.6 is 23.2 Å². The molecule has 0 fully saturated rings. The first-order valence-electron chi connectivity index (χ1n) is 9.20. The molecular formula is C21H23Cl2N3O5. The number of carbonyl (C=O) groups is 3. The van der Waals surface area contributed by atoms with Crippen LogP contribution in [0.25, 0.3) is 0 Å². The normalized spacial score (nSPS) is 10.2. The van der Waals surface area contributed by atoms with Gasteiger partial charge in [0.05, 0.1) is 37.9 Å². The molecule has 0 saturated carbocycles. The van der Waals surface area contributed by atoms with Gasteiger partial charge in [-0.2, -0.15) is 0 Å². The van der Waals surface area contributed by atoms with Crippen molar-refractivity contribution in [3.63, 3.8) is 0 Å².